The lowest BCUT2D eigenvalue weighted by molar-refractivity contribution is -0.0421. The lowest BCUT2D eigenvalue weighted by atomic mass is 10.3. The molecule has 0 saturated carbocycles. The predicted molar refractivity (Wildman–Crippen MR) is 44.3 cm³/mol. The highest BCUT2D eigenvalue weighted by Gasteiger charge is 2.27. The average molecular weight is 172 g/mol. The zero-order chi connectivity index (χ0) is 9.14. The number of rotatable bonds is 3. The van der Waals surface area contributed by atoms with E-state index in [4.69, 9.17) is 14.7 Å². The lowest BCUT2D eigenvalue weighted by Crippen LogP contribution is -2.42. The SMILES string of the molecule is CCN1C=CN(C)C1OB(O)O. The van der Waals surface area contributed by atoms with Crippen molar-refractivity contribution in [2.24, 2.45) is 0 Å². The minimum atomic E-state index is -1.73. The molecule has 0 aromatic heterocycles. The smallest absolute Gasteiger partial charge is 0.402 e. The molecule has 12 heavy (non-hydrogen) atoms. The largest absolute Gasteiger partial charge is 0.636 e. The zero-order valence-electron chi connectivity index (χ0n) is 7.21. The van der Waals surface area contributed by atoms with Crippen molar-refractivity contribution in [1.82, 2.24) is 9.80 Å². The molecule has 0 radical (unpaired) electrons. The van der Waals surface area contributed by atoms with Crippen molar-refractivity contribution < 1.29 is 14.7 Å². The fraction of sp³-hybridized carbons (Fsp3) is 0.667. The lowest BCUT2D eigenvalue weighted by Gasteiger charge is -2.29. The first-order chi connectivity index (χ1) is 5.65. The van der Waals surface area contributed by atoms with Gasteiger partial charge >= 0.3 is 7.32 Å². The molecule has 0 saturated heterocycles. The maximum Gasteiger partial charge on any atom is 0.636 e. The Balaban J connectivity index is 2.50. The van der Waals surface area contributed by atoms with Gasteiger partial charge in [-0.1, -0.05) is 0 Å². The highest BCUT2D eigenvalue weighted by Crippen LogP contribution is 2.14. The fourth-order valence-electron chi connectivity index (χ4n) is 1.12. The van der Waals surface area contributed by atoms with Crippen molar-refractivity contribution in [1.29, 1.82) is 0 Å². The Morgan fingerprint density at radius 2 is 2.17 bits per heavy atom. The molecular formula is C6H13BN2O3. The highest BCUT2D eigenvalue weighted by molar-refractivity contribution is 6.32. The maximum atomic E-state index is 8.60. The Hall–Kier alpha value is -0.715. The van der Waals surface area contributed by atoms with Crippen LogP contribution in [0.25, 0.3) is 0 Å². The first kappa shape index (κ1) is 9.37. The van der Waals surface area contributed by atoms with Gasteiger partial charge in [0.2, 0.25) is 0 Å². The molecular weight excluding hydrogens is 159 g/mol. The molecule has 2 N–H and O–H groups in total. The van der Waals surface area contributed by atoms with Crippen LogP contribution in [-0.4, -0.2) is 47.1 Å². The van der Waals surface area contributed by atoms with Gasteiger partial charge in [0.15, 0.2) is 6.35 Å². The first-order valence-electron chi connectivity index (χ1n) is 3.82. The Morgan fingerprint density at radius 1 is 1.50 bits per heavy atom. The molecule has 1 heterocycles. The van der Waals surface area contributed by atoms with Gasteiger partial charge in [0.25, 0.3) is 0 Å². The van der Waals surface area contributed by atoms with E-state index in [-0.39, 0.29) is 0 Å². The van der Waals surface area contributed by atoms with Gasteiger partial charge < -0.3 is 24.5 Å². The van der Waals surface area contributed by atoms with Crippen LogP contribution in [0.4, 0.5) is 0 Å². The summed E-state index contributed by atoms with van der Waals surface area (Å²) in [5.41, 5.74) is 0. The van der Waals surface area contributed by atoms with E-state index in [0.717, 1.165) is 6.54 Å². The van der Waals surface area contributed by atoms with Crippen LogP contribution in [0.15, 0.2) is 12.4 Å². The van der Waals surface area contributed by atoms with Crippen molar-refractivity contribution in [3.8, 4) is 0 Å². The Labute approximate surface area is 72.0 Å². The molecule has 0 spiro atoms. The van der Waals surface area contributed by atoms with E-state index >= 15 is 0 Å². The van der Waals surface area contributed by atoms with Crippen LogP contribution in [0.1, 0.15) is 6.92 Å². The summed E-state index contributed by atoms with van der Waals surface area (Å²) in [6.07, 6.45) is 3.25. The summed E-state index contributed by atoms with van der Waals surface area (Å²) in [6.45, 7) is 2.72. The molecule has 0 aromatic rings. The van der Waals surface area contributed by atoms with E-state index in [1.54, 1.807) is 11.9 Å². The molecule has 0 fully saturated rings. The van der Waals surface area contributed by atoms with E-state index in [2.05, 4.69) is 0 Å². The monoisotopic (exact) mass is 172 g/mol. The summed E-state index contributed by atoms with van der Waals surface area (Å²) in [5, 5.41) is 17.2. The molecule has 5 nitrogen and oxygen atoms in total. The minimum absolute atomic E-state index is 0.407. The molecule has 1 atom stereocenters. The van der Waals surface area contributed by atoms with Crippen LogP contribution < -0.4 is 0 Å². The normalized spacial score (nSPS) is 22.2. The average Bonchev–Trinajstić information content (AvgIpc) is 2.32. The van der Waals surface area contributed by atoms with Gasteiger partial charge in [-0.3, -0.25) is 0 Å². The van der Waals surface area contributed by atoms with Crippen molar-refractivity contribution in [2.45, 2.75) is 13.3 Å². The van der Waals surface area contributed by atoms with Gasteiger partial charge in [0, 0.05) is 26.0 Å². The summed E-state index contributed by atoms with van der Waals surface area (Å²) in [6, 6.07) is 0. The third-order valence-electron chi connectivity index (χ3n) is 1.73. The van der Waals surface area contributed by atoms with Gasteiger partial charge in [0.05, 0.1) is 0 Å². The molecule has 1 aliphatic rings. The van der Waals surface area contributed by atoms with Crippen molar-refractivity contribution >= 4 is 7.32 Å². The summed E-state index contributed by atoms with van der Waals surface area (Å²) < 4.78 is 4.83. The quantitative estimate of drug-likeness (QED) is 0.534. The second kappa shape index (κ2) is 3.80. The Kier molecular flexibility index (Phi) is 2.96. The van der Waals surface area contributed by atoms with Gasteiger partial charge in [-0.2, -0.15) is 0 Å². The second-order valence-electron chi connectivity index (χ2n) is 2.58. The molecule has 0 aromatic carbocycles. The molecule has 0 amide bonds. The number of nitrogens with zero attached hydrogens (tertiary/aromatic N) is 2. The van der Waals surface area contributed by atoms with Gasteiger partial charge in [-0.15, -0.1) is 0 Å². The van der Waals surface area contributed by atoms with Crippen LogP contribution in [0, 0.1) is 0 Å². The van der Waals surface area contributed by atoms with Crippen LogP contribution in [0.3, 0.4) is 0 Å². The molecule has 1 unspecified atom stereocenters. The number of hydrogen-bond donors (Lipinski definition) is 2. The predicted octanol–water partition coefficient (Wildman–Crippen LogP) is -1.01. The maximum absolute atomic E-state index is 8.60. The highest BCUT2D eigenvalue weighted by atomic mass is 16.6. The van der Waals surface area contributed by atoms with E-state index in [1.807, 2.05) is 24.2 Å². The molecule has 1 rings (SSSR count). The summed E-state index contributed by atoms with van der Waals surface area (Å²) in [5.74, 6) is 0. The van der Waals surface area contributed by atoms with Gasteiger partial charge in [-0.25, -0.2) is 0 Å². The van der Waals surface area contributed by atoms with Gasteiger partial charge in [0.1, 0.15) is 0 Å². The van der Waals surface area contributed by atoms with Crippen LogP contribution >= 0.6 is 0 Å². The van der Waals surface area contributed by atoms with E-state index in [0.29, 0.717) is 0 Å². The van der Waals surface area contributed by atoms with E-state index in [1.165, 1.54) is 0 Å². The van der Waals surface area contributed by atoms with Crippen molar-refractivity contribution in [2.75, 3.05) is 13.6 Å². The van der Waals surface area contributed by atoms with E-state index in [9.17, 15) is 0 Å². The second-order valence-corrected chi connectivity index (χ2v) is 2.58. The van der Waals surface area contributed by atoms with Crippen molar-refractivity contribution in [3.63, 3.8) is 0 Å². The van der Waals surface area contributed by atoms with Crippen LogP contribution in [0.2, 0.25) is 0 Å². The summed E-state index contributed by atoms with van der Waals surface area (Å²) in [7, 11) is 0.0746. The number of hydrogen-bond acceptors (Lipinski definition) is 5. The van der Waals surface area contributed by atoms with Crippen LogP contribution in [0.5, 0.6) is 0 Å². The third-order valence-corrected chi connectivity index (χ3v) is 1.73. The summed E-state index contributed by atoms with van der Waals surface area (Å²) >= 11 is 0. The summed E-state index contributed by atoms with van der Waals surface area (Å²) in [4.78, 5) is 3.60. The molecule has 68 valence electrons. The van der Waals surface area contributed by atoms with Gasteiger partial charge in [-0.05, 0) is 6.92 Å². The van der Waals surface area contributed by atoms with Crippen LogP contribution in [-0.2, 0) is 4.65 Å². The van der Waals surface area contributed by atoms with E-state index < -0.39 is 13.7 Å². The topological polar surface area (TPSA) is 56.2 Å². The fourth-order valence-corrected chi connectivity index (χ4v) is 1.12. The van der Waals surface area contributed by atoms with Crippen molar-refractivity contribution in [3.05, 3.63) is 12.4 Å². The molecule has 0 aliphatic carbocycles. The minimum Gasteiger partial charge on any atom is -0.402 e. The molecule has 6 heteroatoms. The Bertz CT molecular complexity index is 176. The molecule has 1 aliphatic heterocycles. The Morgan fingerprint density at radius 3 is 2.67 bits per heavy atom. The first-order valence-corrected chi connectivity index (χ1v) is 3.82. The third kappa shape index (κ3) is 1.91. The standard InChI is InChI=1S/C6H13BN2O3/c1-3-9-5-4-8(2)6(9)12-7(10)11/h4-6,10-11H,3H2,1-2H3. The molecule has 0 bridgehead atoms. The zero-order valence-corrected chi connectivity index (χ0v) is 7.21.